The molecule has 0 fully saturated rings. The average molecular weight is 301 g/mol. The smallest absolute Gasteiger partial charge is 0.147 e. The van der Waals surface area contributed by atoms with Crippen molar-refractivity contribution in [1.29, 1.82) is 0 Å². The lowest BCUT2D eigenvalue weighted by Gasteiger charge is -2.03. The summed E-state index contributed by atoms with van der Waals surface area (Å²) in [5, 5.41) is 5.10. The molecular formula is C13H17ClN2O2S. The number of halogens is 1. The summed E-state index contributed by atoms with van der Waals surface area (Å²) in [7, 11) is -2.86. The van der Waals surface area contributed by atoms with Gasteiger partial charge in [0, 0.05) is 34.9 Å². The molecule has 0 amide bonds. The molecule has 4 nitrogen and oxygen atoms in total. The van der Waals surface area contributed by atoms with E-state index in [1.54, 1.807) is 0 Å². The maximum atomic E-state index is 11.0. The molecule has 6 heteroatoms. The first-order valence-electron chi connectivity index (χ1n) is 6.10. The van der Waals surface area contributed by atoms with Gasteiger partial charge in [0.05, 0.1) is 5.75 Å². The van der Waals surface area contributed by atoms with Crippen LogP contribution in [-0.2, 0) is 16.4 Å². The summed E-state index contributed by atoms with van der Waals surface area (Å²) < 4.78 is 22.0. The van der Waals surface area contributed by atoms with E-state index in [0.717, 1.165) is 16.5 Å². The average Bonchev–Trinajstić information content (AvgIpc) is 2.69. The number of H-pyrrole nitrogens is 1. The number of nitrogens with one attached hydrogen (secondary N) is 2. The van der Waals surface area contributed by atoms with E-state index in [9.17, 15) is 8.42 Å². The van der Waals surface area contributed by atoms with Crippen LogP contribution in [0.3, 0.4) is 0 Å². The molecule has 2 rings (SSSR count). The van der Waals surface area contributed by atoms with Crippen LogP contribution in [0.1, 0.15) is 12.0 Å². The SMILES string of the molecule is CS(=O)(=O)CCCNCc1c[nH]c2cc(Cl)ccc12. The molecule has 0 aliphatic rings. The molecule has 0 radical (unpaired) electrons. The molecule has 0 aliphatic carbocycles. The minimum Gasteiger partial charge on any atom is -0.361 e. The Kier molecular flexibility index (Phi) is 4.50. The minimum atomic E-state index is -2.86. The number of benzene rings is 1. The Bertz CT molecular complexity index is 664. The molecule has 1 aromatic heterocycles. The second-order valence-corrected chi connectivity index (χ2v) is 7.36. The van der Waals surface area contributed by atoms with Gasteiger partial charge in [-0.1, -0.05) is 17.7 Å². The van der Waals surface area contributed by atoms with E-state index in [1.807, 2.05) is 24.4 Å². The lowest BCUT2D eigenvalue weighted by molar-refractivity contribution is 0.594. The molecule has 0 saturated heterocycles. The number of aromatic nitrogens is 1. The van der Waals surface area contributed by atoms with Crippen molar-refractivity contribution in [2.45, 2.75) is 13.0 Å². The first-order chi connectivity index (χ1) is 8.96. The van der Waals surface area contributed by atoms with Crippen molar-refractivity contribution in [3.63, 3.8) is 0 Å². The van der Waals surface area contributed by atoms with E-state index < -0.39 is 9.84 Å². The number of sulfone groups is 1. The van der Waals surface area contributed by atoms with Crippen LogP contribution in [0, 0.1) is 0 Å². The second-order valence-electron chi connectivity index (χ2n) is 4.66. The summed E-state index contributed by atoms with van der Waals surface area (Å²) in [6.07, 6.45) is 3.84. The van der Waals surface area contributed by atoms with E-state index in [-0.39, 0.29) is 5.75 Å². The molecule has 0 aliphatic heterocycles. The predicted octanol–water partition coefficient (Wildman–Crippen LogP) is 2.35. The van der Waals surface area contributed by atoms with Crippen molar-refractivity contribution >= 4 is 32.3 Å². The van der Waals surface area contributed by atoms with Gasteiger partial charge in [0.2, 0.25) is 0 Å². The molecule has 19 heavy (non-hydrogen) atoms. The molecule has 104 valence electrons. The fourth-order valence-corrected chi connectivity index (χ4v) is 2.83. The molecule has 0 bridgehead atoms. The van der Waals surface area contributed by atoms with Gasteiger partial charge < -0.3 is 10.3 Å². The summed E-state index contributed by atoms with van der Waals surface area (Å²) in [6.45, 7) is 1.40. The Hall–Kier alpha value is -1.04. The first kappa shape index (κ1) is 14.4. The van der Waals surface area contributed by atoms with Gasteiger partial charge in [-0.25, -0.2) is 8.42 Å². The standard InChI is InChI=1S/C13H17ClN2O2S/c1-19(17,18)6-2-5-15-8-10-9-16-13-7-11(14)3-4-12(10)13/h3-4,7,9,15-16H,2,5-6,8H2,1H3. The molecule has 0 atom stereocenters. The predicted molar refractivity (Wildman–Crippen MR) is 79.3 cm³/mol. The van der Waals surface area contributed by atoms with E-state index in [2.05, 4.69) is 10.3 Å². The zero-order chi connectivity index (χ0) is 13.9. The number of aromatic amines is 1. The molecule has 0 unspecified atom stereocenters. The molecular weight excluding hydrogens is 284 g/mol. The Morgan fingerprint density at radius 1 is 1.37 bits per heavy atom. The first-order valence-corrected chi connectivity index (χ1v) is 8.53. The van der Waals surface area contributed by atoms with Crippen LogP contribution < -0.4 is 5.32 Å². The monoisotopic (exact) mass is 300 g/mol. The fraction of sp³-hybridized carbons (Fsp3) is 0.385. The number of hydrogen-bond acceptors (Lipinski definition) is 3. The van der Waals surface area contributed by atoms with Crippen LogP contribution in [0.2, 0.25) is 5.02 Å². The lowest BCUT2D eigenvalue weighted by Crippen LogP contribution is -2.17. The Morgan fingerprint density at radius 2 is 2.16 bits per heavy atom. The lowest BCUT2D eigenvalue weighted by atomic mass is 10.2. The fourth-order valence-electron chi connectivity index (χ4n) is 1.99. The number of fused-ring (bicyclic) bond motifs is 1. The third-order valence-electron chi connectivity index (χ3n) is 2.91. The van der Waals surface area contributed by atoms with Crippen molar-refractivity contribution in [2.75, 3.05) is 18.6 Å². The van der Waals surface area contributed by atoms with Crippen LogP contribution in [0.25, 0.3) is 10.9 Å². The van der Waals surface area contributed by atoms with Crippen molar-refractivity contribution in [1.82, 2.24) is 10.3 Å². The van der Waals surface area contributed by atoms with Gasteiger partial charge >= 0.3 is 0 Å². The van der Waals surface area contributed by atoms with E-state index in [0.29, 0.717) is 24.5 Å². The highest BCUT2D eigenvalue weighted by molar-refractivity contribution is 7.90. The summed E-state index contributed by atoms with van der Waals surface area (Å²) in [5.74, 6) is 0.226. The minimum absolute atomic E-state index is 0.226. The van der Waals surface area contributed by atoms with Crippen LogP contribution in [-0.4, -0.2) is 32.0 Å². The third-order valence-corrected chi connectivity index (χ3v) is 4.18. The van der Waals surface area contributed by atoms with E-state index >= 15 is 0 Å². The van der Waals surface area contributed by atoms with Crippen molar-refractivity contribution in [2.24, 2.45) is 0 Å². The molecule has 0 spiro atoms. The Labute approximate surface area is 118 Å². The zero-order valence-corrected chi connectivity index (χ0v) is 12.3. The normalized spacial score (nSPS) is 12.1. The number of hydrogen-bond donors (Lipinski definition) is 2. The van der Waals surface area contributed by atoms with Gasteiger partial charge in [0.25, 0.3) is 0 Å². The maximum Gasteiger partial charge on any atom is 0.147 e. The summed E-state index contributed by atoms with van der Waals surface area (Å²) in [5.41, 5.74) is 2.17. The largest absolute Gasteiger partial charge is 0.361 e. The van der Waals surface area contributed by atoms with E-state index in [1.165, 1.54) is 6.26 Å². The van der Waals surface area contributed by atoms with Crippen molar-refractivity contribution in [3.8, 4) is 0 Å². The van der Waals surface area contributed by atoms with Crippen LogP contribution in [0.5, 0.6) is 0 Å². The van der Waals surface area contributed by atoms with Gasteiger partial charge in [-0.3, -0.25) is 0 Å². The highest BCUT2D eigenvalue weighted by Gasteiger charge is 2.04. The highest BCUT2D eigenvalue weighted by Crippen LogP contribution is 2.21. The van der Waals surface area contributed by atoms with Gasteiger partial charge in [-0.05, 0) is 30.7 Å². The Morgan fingerprint density at radius 3 is 2.89 bits per heavy atom. The van der Waals surface area contributed by atoms with Gasteiger partial charge in [0.1, 0.15) is 9.84 Å². The highest BCUT2D eigenvalue weighted by atomic mass is 35.5. The zero-order valence-electron chi connectivity index (χ0n) is 10.7. The van der Waals surface area contributed by atoms with Gasteiger partial charge in [0.15, 0.2) is 0 Å². The van der Waals surface area contributed by atoms with Crippen molar-refractivity contribution < 1.29 is 8.42 Å². The van der Waals surface area contributed by atoms with Crippen LogP contribution >= 0.6 is 11.6 Å². The van der Waals surface area contributed by atoms with Gasteiger partial charge in [-0.15, -0.1) is 0 Å². The molecule has 0 saturated carbocycles. The summed E-state index contributed by atoms with van der Waals surface area (Å²) in [4.78, 5) is 3.17. The molecule has 1 heterocycles. The summed E-state index contributed by atoms with van der Waals surface area (Å²) >= 11 is 5.92. The quantitative estimate of drug-likeness (QED) is 0.805. The Balaban J connectivity index is 1.88. The third kappa shape index (κ3) is 4.23. The van der Waals surface area contributed by atoms with Gasteiger partial charge in [-0.2, -0.15) is 0 Å². The van der Waals surface area contributed by atoms with E-state index in [4.69, 9.17) is 11.6 Å². The molecule has 2 N–H and O–H groups in total. The second kappa shape index (κ2) is 5.94. The molecule has 2 aromatic rings. The number of rotatable bonds is 6. The summed E-state index contributed by atoms with van der Waals surface area (Å²) in [6, 6.07) is 5.75. The van der Waals surface area contributed by atoms with Crippen LogP contribution in [0.4, 0.5) is 0 Å². The maximum absolute atomic E-state index is 11.0. The molecule has 1 aromatic carbocycles. The van der Waals surface area contributed by atoms with Crippen LogP contribution in [0.15, 0.2) is 24.4 Å². The topological polar surface area (TPSA) is 62.0 Å². The van der Waals surface area contributed by atoms with Crippen molar-refractivity contribution in [3.05, 3.63) is 35.0 Å².